The fraction of sp³-hybridized carbons (Fsp3) is 0.462. The number of likely N-dealkylation sites (N-methyl/N-ethyl adjacent to an activating group) is 1. The number of nitrogens with one attached hydrogen (secondary N) is 2. The Hall–Kier alpha value is -2.15. The minimum Gasteiger partial charge on any atom is -0.469 e. The van der Waals surface area contributed by atoms with E-state index in [1.54, 1.807) is 30.3 Å². The first-order valence-corrected chi connectivity index (χ1v) is 6.26. The molecule has 0 radical (unpaired) electrons. The largest absolute Gasteiger partial charge is 0.469 e. The second kappa shape index (κ2) is 8.11. The van der Waals surface area contributed by atoms with Gasteiger partial charge in [-0.25, -0.2) is 0 Å². The predicted molar refractivity (Wildman–Crippen MR) is 72.0 cm³/mol. The number of carbonyl (C=O) groups is 3. The summed E-state index contributed by atoms with van der Waals surface area (Å²) in [5, 5.41) is 2.28. The van der Waals surface area contributed by atoms with E-state index in [4.69, 9.17) is 0 Å². The van der Waals surface area contributed by atoms with Crippen LogP contribution in [0.3, 0.4) is 0 Å². The van der Waals surface area contributed by atoms with Gasteiger partial charge in [-0.1, -0.05) is 0 Å². The van der Waals surface area contributed by atoms with E-state index in [1.807, 2.05) is 0 Å². The molecule has 1 heterocycles. The van der Waals surface area contributed by atoms with E-state index in [-0.39, 0.29) is 18.4 Å². The maximum Gasteiger partial charge on any atom is 0.305 e. The number of imide groups is 1. The lowest BCUT2D eigenvalue weighted by molar-refractivity contribution is -0.140. The molecule has 1 aromatic rings. The number of aromatic amines is 1. The zero-order valence-electron chi connectivity index (χ0n) is 11.6. The van der Waals surface area contributed by atoms with Crippen LogP contribution >= 0.6 is 0 Å². The number of ether oxygens (including phenoxy) is 1. The molecule has 0 aliphatic heterocycles. The summed E-state index contributed by atoms with van der Waals surface area (Å²) in [5.74, 6) is -1.11. The van der Waals surface area contributed by atoms with Crippen LogP contribution < -0.4 is 5.32 Å². The summed E-state index contributed by atoms with van der Waals surface area (Å²) in [6.45, 7) is 0.660. The molecule has 7 heteroatoms. The molecule has 0 saturated heterocycles. The van der Waals surface area contributed by atoms with Gasteiger partial charge in [0, 0.05) is 12.6 Å². The Morgan fingerprint density at radius 1 is 1.40 bits per heavy atom. The van der Waals surface area contributed by atoms with Gasteiger partial charge >= 0.3 is 5.97 Å². The van der Waals surface area contributed by atoms with Gasteiger partial charge in [-0.05, 0) is 32.1 Å². The molecule has 2 N–H and O–H groups in total. The van der Waals surface area contributed by atoms with Crippen molar-refractivity contribution < 1.29 is 19.1 Å². The van der Waals surface area contributed by atoms with Crippen molar-refractivity contribution in [1.82, 2.24) is 15.2 Å². The summed E-state index contributed by atoms with van der Waals surface area (Å²) in [5.41, 5.74) is 0.340. The molecule has 0 aromatic carbocycles. The summed E-state index contributed by atoms with van der Waals surface area (Å²) in [7, 11) is 3.09. The van der Waals surface area contributed by atoms with Crippen molar-refractivity contribution in [2.45, 2.75) is 12.8 Å². The number of hydrogen-bond donors (Lipinski definition) is 2. The maximum atomic E-state index is 11.6. The predicted octanol–water partition coefficient (Wildman–Crippen LogP) is 0.156. The summed E-state index contributed by atoms with van der Waals surface area (Å²) < 4.78 is 4.52. The third-order valence-corrected chi connectivity index (χ3v) is 2.66. The van der Waals surface area contributed by atoms with Crippen LogP contribution in [0.4, 0.5) is 0 Å². The van der Waals surface area contributed by atoms with Gasteiger partial charge in [0.05, 0.1) is 13.7 Å². The van der Waals surface area contributed by atoms with Gasteiger partial charge in [0.15, 0.2) is 0 Å². The van der Waals surface area contributed by atoms with Crippen molar-refractivity contribution in [3.63, 3.8) is 0 Å². The Morgan fingerprint density at radius 3 is 2.75 bits per heavy atom. The third-order valence-electron chi connectivity index (χ3n) is 2.66. The number of nitrogens with zero attached hydrogens (tertiary/aromatic N) is 1. The average molecular weight is 281 g/mol. The Morgan fingerprint density at radius 2 is 2.15 bits per heavy atom. The lowest BCUT2D eigenvalue weighted by atomic mass is 10.3. The standard InChI is InChI=1S/C13H19N3O4/c1-16(8-4-6-12(18)20-2)9-11(17)15-13(19)10-5-3-7-14-10/h3,5,7,14H,4,6,8-9H2,1-2H3,(H,15,17,19). The zero-order chi connectivity index (χ0) is 15.0. The first kappa shape index (κ1) is 15.9. The Bertz CT molecular complexity index is 456. The molecule has 7 nitrogen and oxygen atoms in total. The second-order valence-electron chi connectivity index (χ2n) is 4.38. The zero-order valence-corrected chi connectivity index (χ0v) is 11.6. The van der Waals surface area contributed by atoms with Gasteiger partial charge in [0.1, 0.15) is 5.69 Å². The average Bonchev–Trinajstić information content (AvgIpc) is 2.92. The molecule has 110 valence electrons. The van der Waals surface area contributed by atoms with E-state index in [0.29, 0.717) is 25.1 Å². The van der Waals surface area contributed by atoms with Crippen molar-refractivity contribution in [2.75, 3.05) is 27.2 Å². The highest BCUT2D eigenvalue weighted by Crippen LogP contribution is 1.96. The molecule has 0 bridgehead atoms. The summed E-state index contributed by atoms with van der Waals surface area (Å²) in [4.78, 5) is 38.6. The molecule has 0 unspecified atom stereocenters. The monoisotopic (exact) mass is 281 g/mol. The van der Waals surface area contributed by atoms with Gasteiger partial charge in [0.2, 0.25) is 5.91 Å². The first-order chi connectivity index (χ1) is 9.52. The van der Waals surface area contributed by atoms with Crippen molar-refractivity contribution >= 4 is 17.8 Å². The number of methoxy groups -OCH3 is 1. The molecule has 20 heavy (non-hydrogen) atoms. The Labute approximate surface area is 117 Å². The van der Waals surface area contributed by atoms with Gasteiger partial charge in [-0.3, -0.25) is 24.6 Å². The molecular formula is C13H19N3O4. The van der Waals surface area contributed by atoms with Crippen molar-refractivity contribution in [1.29, 1.82) is 0 Å². The highest BCUT2D eigenvalue weighted by atomic mass is 16.5. The fourth-order valence-electron chi connectivity index (χ4n) is 1.62. The maximum absolute atomic E-state index is 11.6. The van der Waals surface area contributed by atoms with Gasteiger partial charge in [0.25, 0.3) is 5.91 Å². The van der Waals surface area contributed by atoms with Crippen LogP contribution in [-0.4, -0.2) is 54.9 Å². The highest BCUT2D eigenvalue weighted by molar-refractivity contribution is 6.04. The van der Waals surface area contributed by atoms with Crippen LogP contribution in [-0.2, 0) is 14.3 Å². The van der Waals surface area contributed by atoms with Gasteiger partial charge in [-0.2, -0.15) is 0 Å². The van der Waals surface area contributed by atoms with E-state index in [0.717, 1.165) is 0 Å². The topological polar surface area (TPSA) is 91.5 Å². The summed E-state index contributed by atoms with van der Waals surface area (Å²) in [6.07, 6.45) is 2.52. The van der Waals surface area contributed by atoms with Gasteiger partial charge in [-0.15, -0.1) is 0 Å². The molecule has 1 aromatic heterocycles. The Kier molecular flexibility index (Phi) is 6.45. The van der Waals surface area contributed by atoms with E-state index in [2.05, 4.69) is 15.0 Å². The van der Waals surface area contributed by atoms with E-state index < -0.39 is 5.91 Å². The fourth-order valence-corrected chi connectivity index (χ4v) is 1.62. The highest BCUT2D eigenvalue weighted by Gasteiger charge is 2.12. The van der Waals surface area contributed by atoms with Crippen molar-refractivity contribution in [2.24, 2.45) is 0 Å². The van der Waals surface area contributed by atoms with E-state index in [9.17, 15) is 14.4 Å². The number of H-pyrrole nitrogens is 1. The van der Waals surface area contributed by atoms with Crippen molar-refractivity contribution in [3.8, 4) is 0 Å². The molecule has 0 saturated carbocycles. The van der Waals surface area contributed by atoms with E-state index >= 15 is 0 Å². The van der Waals surface area contributed by atoms with Crippen LogP contribution in [0.15, 0.2) is 18.3 Å². The molecule has 2 amide bonds. The number of esters is 1. The third kappa shape index (κ3) is 5.66. The summed E-state index contributed by atoms with van der Waals surface area (Å²) >= 11 is 0. The number of carbonyl (C=O) groups excluding carboxylic acids is 3. The molecule has 0 aliphatic rings. The van der Waals surface area contributed by atoms with Crippen LogP contribution in [0.2, 0.25) is 0 Å². The number of hydrogen-bond acceptors (Lipinski definition) is 5. The van der Waals surface area contributed by atoms with Gasteiger partial charge < -0.3 is 9.72 Å². The van der Waals surface area contributed by atoms with Crippen LogP contribution in [0.1, 0.15) is 23.3 Å². The molecule has 0 fully saturated rings. The minimum absolute atomic E-state index is 0.0909. The molecule has 0 atom stereocenters. The molecule has 0 aliphatic carbocycles. The number of rotatable bonds is 7. The lowest BCUT2D eigenvalue weighted by Crippen LogP contribution is -2.39. The lowest BCUT2D eigenvalue weighted by Gasteiger charge is -2.15. The molecule has 1 rings (SSSR count). The normalized spacial score (nSPS) is 10.3. The van der Waals surface area contributed by atoms with Crippen LogP contribution in [0, 0.1) is 0 Å². The quantitative estimate of drug-likeness (QED) is 0.694. The smallest absolute Gasteiger partial charge is 0.305 e. The van der Waals surface area contributed by atoms with Crippen molar-refractivity contribution in [3.05, 3.63) is 24.0 Å². The minimum atomic E-state index is -0.456. The summed E-state index contributed by atoms with van der Waals surface area (Å²) in [6, 6.07) is 3.26. The molecular weight excluding hydrogens is 262 g/mol. The molecule has 0 spiro atoms. The SMILES string of the molecule is COC(=O)CCCN(C)CC(=O)NC(=O)c1ccc[nH]1. The van der Waals surface area contributed by atoms with Crippen LogP contribution in [0.25, 0.3) is 0 Å². The number of aromatic nitrogens is 1. The second-order valence-corrected chi connectivity index (χ2v) is 4.38. The Balaban J connectivity index is 2.24. The first-order valence-electron chi connectivity index (χ1n) is 6.26. The van der Waals surface area contributed by atoms with E-state index in [1.165, 1.54) is 7.11 Å². The number of amides is 2. The van der Waals surface area contributed by atoms with Crippen LogP contribution in [0.5, 0.6) is 0 Å².